The standard InChI is InChI=1S/C18H16N2O2S/c1-13-4-7-15(8-5-13)22-18-9-6-14(12-19-18)20-17(21)11-16-3-2-10-23-16/h2-10,12H,11H2,1H3,(H,20,21). The van der Waals surface area contributed by atoms with Crippen LogP contribution in [-0.4, -0.2) is 10.9 Å². The molecule has 5 heteroatoms. The van der Waals surface area contributed by atoms with E-state index in [1.54, 1.807) is 29.7 Å². The highest BCUT2D eigenvalue weighted by molar-refractivity contribution is 7.10. The van der Waals surface area contributed by atoms with Crippen molar-refractivity contribution in [3.63, 3.8) is 0 Å². The van der Waals surface area contributed by atoms with Gasteiger partial charge in [-0.05, 0) is 36.6 Å². The van der Waals surface area contributed by atoms with Crippen LogP contribution >= 0.6 is 11.3 Å². The minimum absolute atomic E-state index is 0.0542. The van der Waals surface area contributed by atoms with Gasteiger partial charge in [-0.25, -0.2) is 4.98 Å². The van der Waals surface area contributed by atoms with Crippen molar-refractivity contribution in [3.05, 3.63) is 70.5 Å². The lowest BCUT2D eigenvalue weighted by molar-refractivity contribution is -0.115. The second-order valence-electron chi connectivity index (χ2n) is 5.10. The number of nitrogens with one attached hydrogen (secondary N) is 1. The number of carbonyl (C=O) groups is 1. The molecule has 0 aliphatic carbocycles. The van der Waals surface area contributed by atoms with E-state index in [-0.39, 0.29) is 5.91 Å². The number of nitrogens with zero attached hydrogens (tertiary/aromatic N) is 1. The Morgan fingerprint density at radius 1 is 1.17 bits per heavy atom. The van der Waals surface area contributed by atoms with Crippen molar-refractivity contribution in [3.8, 4) is 11.6 Å². The maximum atomic E-state index is 11.9. The predicted octanol–water partition coefficient (Wildman–Crippen LogP) is 4.43. The predicted molar refractivity (Wildman–Crippen MR) is 92.1 cm³/mol. The summed E-state index contributed by atoms with van der Waals surface area (Å²) in [4.78, 5) is 17.2. The fourth-order valence-corrected chi connectivity index (χ4v) is 2.72. The number of thiophene rings is 1. The van der Waals surface area contributed by atoms with Gasteiger partial charge in [0.25, 0.3) is 0 Å². The van der Waals surface area contributed by atoms with Gasteiger partial charge >= 0.3 is 0 Å². The zero-order valence-electron chi connectivity index (χ0n) is 12.7. The van der Waals surface area contributed by atoms with Crippen molar-refractivity contribution in [2.45, 2.75) is 13.3 Å². The van der Waals surface area contributed by atoms with Crippen molar-refractivity contribution in [2.24, 2.45) is 0 Å². The van der Waals surface area contributed by atoms with Crippen LogP contribution in [0.1, 0.15) is 10.4 Å². The number of hydrogen-bond acceptors (Lipinski definition) is 4. The molecule has 0 atom stereocenters. The van der Waals surface area contributed by atoms with Crippen LogP contribution in [-0.2, 0) is 11.2 Å². The SMILES string of the molecule is Cc1ccc(Oc2ccc(NC(=O)Cc3cccs3)cn2)cc1. The molecular formula is C18H16N2O2S. The lowest BCUT2D eigenvalue weighted by atomic mass is 10.2. The zero-order valence-corrected chi connectivity index (χ0v) is 13.5. The quantitative estimate of drug-likeness (QED) is 0.755. The molecule has 2 heterocycles. The summed E-state index contributed by atoms with van der Waals surface area (Å²) in [6.07, 6.45) is 1.97. The molecule has 1 N–H and O–H groups in total. The van der Waals surface area contributed by atoms with Crippen LogP contribution in [0.15, 0.2) is 60.1 Å². The second kappa shape index (κ2) is 7.07. The molecule has 1 amide bonds. The van der Waals surface area contributed by atoms with E-state index in [4.69, 9.17) is 4.74 Å². The molecule has 2 aromatic heterocycles. The van der Waals surface area contributed by atoms with Crippen LogP contribution in [0.2, 0.25) is 0 Å². The highest BCUT2D eigenvalue weighted by Crippen LogP contribution is 2.21. The number of ether oxygens (including phenoxy) is 1. The van der Waals surface area contributed by atoms with Gasteiger partial charge in [-0.15, -0.1) is 11.3 Å². The Kier molecular flexibility index (Phi) is 4.68. The molecule has 4 nitrogen and oxygen atoms in total. The summed E-state index contributed by atoms with van der Waals surface area (Å²) in [6.45, 7) is 2.02. The average molecular weight is 324 g/mol. The molecule has 1 aromatic carbocycles. The Hall–Kier alpha value is -2.66. The molecule has 0 bridgehead atoms. The fourth-order valence-electron chi connectivity index (χ4n) is 2.02. The lowest BCUT2D eigenvalue weighted by Crippen LogP contribution is -2.13. The van der Waals surface area contributed by atoms with Crippen molar-refractivity contribution in [1.29, 1.82) is 0 Å². The van der Waals surface area contributed by atoms with Gasteiger partial charge in [0.2, 0.25) is 11.8 Å². The third kappa shape index (κ3) is 4.40. The van der Waals surface area contributed by atoms with Crippen molar-refractivity contribution < 1.29 is 9.53 Å². The summed E-state index contributed by atoms with van der Waals surface area (Å²) in [6, 6.07) is 15.2. The lowest BCUT2D eigenvalue weighted by Gasteiger charge is -2.07. The number of aryl methyl sites for hydroxylation is 1. The molecule has 23 heavy (non-hydrogen) atoms. The number of anilines is 1. The minimum Gasteiger partial charge on any atom is -0.439 e. The van der Waals surface area contributed by atoms with Crippen LogP contribution in [0.4, 0.5) is 5.69 Å². The van der Waals surface area contributed by atoms with Crippen LogP contribution in [0, 0.1) is 6.92 Å². The molecule has 0 aliphatic heterocycles. The van der Waals surface area contributed by atoms with Gasteiger partial charge in [-0.3, -0.25) is 4.79 Å². The normalized spacial score (nSPS) is 10.3. The van der Waals surface area contributed by atoms with E-state index in [0.29, 0.717) is 18.0 Å². The number of benzene rings is 1. The number of aromatic nitrogens is 1. The molecular weight excluding hydrogens is 308 g/mol. The second-order valence-corrected chi connectivity index (χ2v) is 6.14. The largest absolute Gasteiger partial charge is 0.439 e. The first-order valence-electron chi connectivity index (χ1n) is 7.22. The maximum Gasteiger partial charge on any atom is 0.229 e. The van der Waals surface area contributed by atoms with E-state index in [1.165, 1.54) is 5.56 Å². The smallest absolute Gasteiger partial charge is 0.229 e. The van der Waals surface area contributed by atoms with Crippen molar-refractivity contribution >= 4 is 22.9 Å². The van der Waals surface area contributed by atoms with E-state index in [1.807, 2.05) is 48.7 Å². The number of pyridine rings is 1. The summed E-state index contributed by atoms with van der Waals surface area (Å²) in [7, 11) is 0. The Morgan fingerprint density at radius 3 is 2.65 bits per heavy atom. The Morgan fingerprint density at radius 2 is 2.00 bits per heavy atom. The van der Waals surface area contributed by atoms with Crippen LogP contribution in [0.25, 0.3) is 0 Å². The van der Waals surface area contributed by atoms with Gasteiger partial charge in [0.05, 0.1) is 18.3 Å². The molecule has 0 fully saturated rings. The monoisotopic (exact) mass is 324 g/mol. The number of carbonyl (C=O) groups excluding carboxylic acids is 1. The highest BCUT2D eigenvalue weighted by Gasteiger charge is 2.06. The van der Waals surface area contributed by atoms with E-state index >= 15 is 0 Å². The minimum atomic E-state index is -0.0542. The third-order valence-electron chi connectivity index (χ3n) is 3.18. The summed E-state index contributed by atoms with van der Waals surface area (Å²) in [5.74, 6) is 1.17. The van der Waals surface area contributed by atoms with Gasteiger partial charge < -0.3 is 10.1 Å². The summed E-state index contributed by atoms with van der Waals surface area (Å²) < 4.78 is 5.66. The fraction of sp³-hybridized carbons (Fsp3) is 0.111. The van der Waals surface area contributed by atoms with Gasteiger partial charge in [0.1, 0.15) is 5.75 Å². The highest BCUT2D eigenvalue weighted by atomic mass is 32.1. The summed E-state index contributed by atoms with van der Waals surface area (Å²) in [5.41, 5.74) is 1.83. The van der Waals surface area contributed by atoms with E-state index in [2.05, 4.69) is 10.3 Å². The van der Waals surface area contributed by atoms with E-state index in [0.717, 1.165) is 10.6 Å². The van der Waals surface area contributed by atoms with Crippen molar-refractivity contribution in [2.75, 3.05) is 5.32 Å². The molecule has 0 unspecified atom stereocenters. The van der Waals surface area contributed by atoms with Gasteiger partial charge in [-0.2, -0.15) is 0 Å². The Balaban J connectivity index is 1.58. The molecule has 3 rings (SSSR count). The molecule has 0 saturated heterocycles. The van der Waals surface area contributed by atoms with E-state index in [9.17, 15) is 4.79 Å². The first-order chi connectivity index (χ1) is 11.2. The van der Waals surface area contributed by atoms with Crippen LogP contribution in [0.5, 0.6) is 11.6 Å². The third-order valence-corrected chi connectivity index (χ3v) is 4.05. The summed E-state index contributed by atoms with van der Waals surface area (Å²) in [5, 5.41) is 4.79. The van der Waals surface area contributed by atoms with Crippen LogP contribution < -0.4 is 10.1 Å². The van der Waals surface area contributed by atoms with Crippen molar-refractivity contribution in [1.82, 2.24) is 4.98 Å². The molecule has 0 saturated carbocycles. The average Bonchev–Trinajstić information content (AvgIpc) is 3.04. The van der Waals surface area contributed by atoms with Gasteiger partial charge in [-0.1, -0.05) is 23.8 Å². The zero-order chi connectivity index (χ0) is 16.1. The van der Waals surface area contributed by atoms with E-state index < -0.39 is 0 Å². The topological polar surface area (TPSA) is 51.2 Å². The number of amides is 1. The molecule has 116 valence electrons. The first kappa shape index (κ1) is 15.2. The molecule has 0 spiro atoms. The number of hydrogen-bond donors (Lipinski definition) is 1. The number of rotatable bonds is 5. The molecule has 0 aliphatic rings. The summed E-state index contributed by atoms with van der Waals surface area (Å²) >= 11 is 1.57. The van der Waals surface area contributed by atoms with Crippen LogP contribution in [0.3, 0.4) is 0 Å². The first-order valence-corrected chi connectivity index (χ1v) is 8.10. The van der Waals surface area contributed by atoms with Gasteiger partial charge in [0.15, 0.2) is 0 Å². The molecule has 3 aromatic rings. The Bertz CT molecular complexity index is 766. The van der Waals surface area contributed by atoms with Gasteiger partial charge in [0, 0.05) is 10.9 Å². The molecule has 0 radical (unpaired) electrons. The maximum absolute atomic E-state index is 11.9. The Labute approximate surface area is 138 Å².